The molecule has 2 aliphatic rings. The van der Waals surface area contributed by atoms with Gasteiger partial charge >= 0.3 is 0 Å². The Bertz CT molecular complexity index is 324. The van der Waals surface area contributed by atoms with Crippen molar-refractivity contribution in [3.63, 3.8) is 0 Å². The van der Waals surface area contributed by atoms with Crippen LogP contribution in [-0.2, 0) is 6.54 Å². The first-order chi connectivity index (χ1) is 7.90. The summed E-state index contributed by atoms with van der Waals surface area (Å²) in [4.78, 5) is 0. The lowest BCUT2D eigenvalue weighted by molar-refractivity contribution is 0.316. The van der Waals surface area contributed by atoms with E-state index in [1.54, 1.807) is 0 Å². The molecule has 2 aliphatic heterocycles. The maximum absolute atomic E-state index is 3.70. The zero-order valence-electron chi connectivity index (χ0n) is 9.65. The van der Waals surface area contributed by atoms with E-state index in [2.05, 4.69) is 41.0 Å². The highest BCUT2D eigenvalue weighted by molar-refractivity contribution is 5.14. The van der Waals surface area contributed by atoms with Crippen LogP contribution in [0.4, 0.5) is 0 Å². The number of hydrogen-bond donors (Lipinski definition) is 2. The van der Waals surface area contributed by atoms with Crippen LogP contribution in [0.1, 0.15) is 31.2 Å². The van der Waals surface area contributed by atoms with Crippen molar-refractivity contribution in [3.05, 3.63) is 35.9 Å². The summed E-state index contributed by atoms with van der Waals surface area (Å²) in [5.74, 6) is 0. The average molecular weight is 216 g/mol. The van der Waals surface area contributed by atoms with Gasteiger partial charge in [-0.1, -0.05) is 30.3 Å². The Kier molecular flexibility index (Phi) is 2.94. The van der Waals surface area contributed by atoms with E-state index in [1.165, 1.54) is 31.2 Å². The first kappa shape index (κ1) is 10.3. The van der Waals surface area contributed by atoms with E-state index in [0.717, 1.165) is 24.7 Å². The third-order valence-electron chi connectivity index (χ3n) is 3.91. The van der Waals surface area contributed by atoms with Crippen LogP contribution in [0.2, 0.25) is 0 Å². The highest BCUT2D eigenvalue weighted by Crippen LogP contribution is 2.26. The molecule has 1 aromatic carbocycles. The first-order valence-corrected chi connectivity index (χ1v) is 6.43. The van der Waals surface area contributed by atoms with Crippen molar-refractivity contribution in [3.8, 4) is 0 Å². The molecule has 2 heterocycles. The fourth-order valence-electron chi connectivity index (χ4n) is 3.08. The molecule has 2 fully saturated rings. The summed E-state index contributed by atoms with van der Waals surface area (Å²) in [5.41, 5.74) is 1.40. The van der Waals surface area contributed by atoms with Crippen LogP contribution in [0.25, 0.3) is 0 Å². The Labute approximate surface area is 97.4 Å². The summed E-state index contributed by atoms with van der Waals surface area (Å²) < 4.78 is 0. The van der Waals surface area contributed by atoms with Crippen LogP contribution in [-0.4, -0.2) is 18.1 Å². The molecular formula is C14H20N2. The maximum atomic E-state index is 3.70. The van der Waals surface area contributed by atoms with Crippen molar-refractivity contribution < 1.29 is 0 Å². The van der Waals surface area contributed by atoms with Crippen LogP contribution >= 0.6 is 0 Å². The summed E-state index contributed by atoms with van der Waals surface area (Å²) in [7, 11) is 0. The van der Waals surface area contributed by atoms with Crippen molar-refractivity contribution in [1.29, 1.82) is 0 Å². The molecular weight excluding hydrogens is 196 g/mol. The number of nitrogens with one attached hydrogen (secondary N) is 2. The standard InChI is InChI=1S/C14H20N2/c1-2-4-11(5-3-1)10-15-14-8-12-6-7-13(9-14)16-12/h1-5,12-16H,6-10H2. The first-order valence-electron chi connectivity index (χ1n) is 6.43. The summed E-state index contributed by atoms with van der Waals surface area (Å²) in [6, 6.07) is 13.0. The second-order valence-corrected chi connectivity index (χ2v) is 5.17. The van der Waals surface area contributed by atoms with E-state index >= 15 is 0 Å². The molecule has 0 radical (unpaired) electrons. The van der Waals surface area contributed by atoms with E-state index in [4.69, 9.17) is 0 Å². The molecule has 2 atom stereocenters. The van der Waals surface area contributed by atoms with Crippen LogP contribution in [0.3, 0.4) is 0 Å². The lowest BCUT2D eigenvalue weighted by atomic mass is 9.99. The third-order valence-corrected chi connectivity index (χ3v) is 3.91. The van der Waals surface area contributed by atoms with Crippen molar-refractivity contribution in [2.75, 3.05) is 0 Å². The highest BCUT2D eigenvalue weighted by atomic mass is 15.0. The SMILES string of the molecule is c1ccc(CNC2CC3CCC(C2)N3)cc1. The molecule has 0 saturated carbocycles. The maximum Gasteiger partial charge on any atom is 0.0208 e. The van der Waals surface area contributed by atoms with E-state index in [-0.39, 0.29) is 0 Å². The van der Waals surface area contributed by atoms with Crippen LogP contribution in [0.15, 0.2) is 30.3 Å². The van der Waals surface area contributed by atoms with Gasteiger partial charge in [-0.2, -0.15) is 0 Å². The molecule has 0 amide bonds. The Morgan fingerprint density at radius 3 is 2.44 bits per heavy atom. The molecule has 3 rings (SSSR count). The Balaban J connectivity index is 1.52. The lowest BCUT2D eigenvalue weighted by Gasteiger charge is -2.29. The Morgan fingerprint density at radius 2 is 1.75 bits per heavy atom. The molecule has 2 heteroatoms. The van der Waals surface area contributed by atoms with Crippen molar-refractivity contribution in [2.45, 2.75) is 50.4 Å². The van der Waals surface area contributed by atoms with Gasteiger partial charge in [0.25, 0.3) is 0 Å². The van der Waals surface area contributed by atoms with E-state index < -0.39 is 0 Å². The summed E-state index contributed by atoms with van der Waals surface area (Å²) in [6.45, 7) is 1.02. The van der Waals surface area contributed by atoms with Gasteiger partial charge in [0.1, 0.15) is 0 Å². The third kappa shape index (κ3) is 2.28. The zero-order chi connectivity index (χ0) is 10.8. The van der Waals surface area contributed by atoms with Gasteiger partial charge in [0.2, 0.25) is 0 Å². The van der Waals surface area contributed by atoms with Crippen LogP contribution in [0, 0.1) is 0 Å². The molecule has 16 heavy (non-hydrogen) atoms. The molecule has 2 unspecified atom stereocenters. The predicted molar refractivity (Wildman–Crippen MR) is 66.2 cm³/mol. The number of fused-ring (bicyclic) bond motifs is 2. The van der Waals surface area contributed by atoms with Crippen molar-refractivity contribution >= 4 is 0 Å². The lowest BCUT2D eigenvalue weighted by Crippen LogP contribution is -2.46. The van der Waals surface area contributed by atoms with Gasteiger partial charge in [-0.15, -0.1) is 0 Å². The Hall–Kier alpha value is -0.860. The quantitative estimate of drug-likeness (QED) is 0.808. The smallest absolute Gasteiger partial charge is 0.0208 e. The highest BCUT2D eigenvalue weighted by Gasteiger charge is 2.32. The van der Waals surface area contributed by atoms with E-state index in [0.29, 0.717) is 0 Å². The Morgan fingerprint density at radius 1 is 1.06 bits per heavy atom. The van der Waals surface area contributed by atoms with Crippen LogP contribution in [0.5, 0.6) is 0 Å². The van der Waals surface area contributed by atoms with Gasteiger partial charge in [-0.05, 0) is 31.2 Å². The zero-order valence-corrected chi connectivity index (χ0v) is 9.65. The minimum absolute atomic E-state index is 0.721. The largest absolute Gasteiger partial charge is 0.311 e. The molecule has 2 nitrogen and oxygen atoms in total. The average Bonchev–Trinajstić information content (AvgIpc) is 2.67. The molecule has 2 bridgehead atoms. The molecule has 0 aliphatic carbocycles. The topological polar surface area (TPSA) is 24.1 Å². The number of rotatable bonds is 3. The molecule has 2 N–H and O–H groups in total. The van der Waals surface area contributed by atoms with Gasteiger partial charge in [-0.3, -0.25) is 0 Å². The van der Waals surface area contributed by atoms with Gasteiger partial charge in [0.15, 0.2) is 0 Å². The minimum atomic E-state index is 0.721. The number of piperidine rings is 1. The normalized spacial score (nSPS) is 32.9. The second-order valence-electron chi connectivity index (χ2n) is 5.17. The molecule has 1 aromatic rings. The molecule has 0 spiro atoms. The monoisotopic (exact) mass is 216 g/mol. The van der Waals surface area contributed by atoms with E-state index in [1.807, 2.05) is 0 Å². The summed E-state index contributed by atoms with van der Waals surface area (Å²) in [6.07, 6.45) is 5.38. The van der Waals surface area contributed by atoms with Gasteiger partial charge < -0.3 is 10.6 Å². The van der Waals surface area contributed by atoms with Crippen LogP contribution < -0.4 is 10.6 Å². The molecule has 2 saturated heterocycles. The summed E-state index contributed by atoms with van der Waals surface area (Å²) >= 11 is 0. The molecule has 0 aromatic heterocycles. The second kappa shape index (κ2) is 4.56. The van der Waals surface area contributed by atoms with Crippen molar-refractivity contribution in [1.82, 2.24) is 10.6 Å². The van der Waals surface area contributed by atoms with Gasteiger partial charge in [0, 0.05) is 24.7 Å². The number of hydrogen-bond acceptors (Lipinski definition) is 2. The predicted octanol–water partition coefficient (Wildman–Crippen LogP) is 2.06. The fraction of sp³-hybridized carbons (Fsp3) is 0.571. The van der Waals surface area contributed by atoms with Gasteiger partial charge in [0.05, 0.1) is 0 Å². The van der Waals surface area contributed by atoms with Crippen molar-refractivity contribution in [2.24, 2.45) is 0 Å². The van der Waals surface area contributed by atoms with E-state index in [9.17, 15) is 0 Å². The van der Waals surface area contributed by atoms with Gasteiger partial charge in [-0.25, -0.2) is 0 Å². The minimum Gasteiger partial charge on any atom is -0.311 e. The fourth-order valence-corrected chi connectivity index (χ4v) is 3.08. The summed E-state index contributed by atoms with van der Waals surface area (Å²) in [5, 5.41) is 7.38. The number of benzene rings is 1. The molecule has 86 valence electrons.